The van der Waals surface area contributed by atoms with Gasteiger partial charge in [0.05, 0.1) is 0 Å². The van der Waals surface area contributed by atoms with Crippen LogP contribution in [0.5, 0.6) is 0 Å². The second kappa shape index (κ2) is 5.93. The van der Waals surface area contributed by atoms with Crippen LogP contribution in [0.4, 0.5) is 11.4 Å². The second-order valence-electron chi connectivity index (χ2n) is 5.18. The summed E-state index contributed by atoms with van der Waals surface area (Å²) in [6, 6.07) is 11.5. The fraction of sp³-hybridized carbons (Fsp3) is 0.312. The molecule has 0 atom stereocenters. The van der Waals surface area contributed by atoms with Gasteiger partial charge < -0.3 is 14.2 Å². The van der Waals surface area contributed by atoms with E-state index in [1.165, 1.54) is 18.5 Å². The van der Waals surface area contributed by atoms with Crippen molar-refractivity contribution >= 4 is 33.2 Å². The number of furan rings is 1. The zero-order valence-corrected chi connectivity index (χ0v) is 13.5. The Hall–Kier alpha value is -1.75. The van der Waals surface area contributed by atoms with Gasteiger partial charge >= 0.3 is 0 Å². The van der Waals surface area contributed by atoms with E-state index in [0.717, 1.165) is 18.8 Å². The maximum Gasteiger partial charge on any atom is 0.293 e. The molecule has 1 saturated heterocycles. The van der Waals surface area contributed by atoms with E-state index in [4.69, 9.17) is 4.42 Å². The van der Waals surface area contributed by atoms with E-state index in [9.17, 15) is 4.79 Å². The van der Waals surface area contributed by atoms with Gasteiger partial charge in [0.15, 0.2) is 10.4 Å². The van der Waals surface area contributed by atoms with Crippen molar-refractivity contribution in [1.29, 1.82) is 0 Å². The third-order valence-electron chi connectivity index (χ3n) is 3.80. The molecule has 0 N–H and O–H groups in total. The number of carbonyl (C=O) groups is 1. The monoisotopic (exact) mass is 348 g/mol. The molecule has 5 heteroatoms. The molecular formula is C16H17BrN2O2. The van der Waals surface area contributed by atoms with Gasteiger partial charge in [-0.1, -0.05) is 0 Å². The van der Waals surface area contributed by atoms with Crippen LogP contribution in [0, 0.1) is 0 Å². The third kappa shape index (κ3) is 2.97. The highest BCUT2D eigenvalue weighted by atomic mass is 79.9. The van der Waals surface area contributed by atoms with Gasteiger partial charge in [-0.25, -0.2) is 0 Å². The van der Waals surface area contributed by atoms with Gasteiger partial charge in [-0.15, -0.1) is 0 Å². The minimum atomic E-state index is -0.158. The van der Waals surface area contributed by atoms with Crippen LogP contribution in [0.25, 0.3) is 0 Å². The van der Waals surface area contributed by atoms with Crippen molar-refractivity contribution in [2.45, 2.75) is 12.8 Å². The molecule has 2 heterocycles. The van der Waals surface area contributed by atoms with E-state index in [-0.39, 0.29) is 5.91 Å². The molecule has 110 valence electrons. The lowest BCUT2D eigenvalue weighted by Gasteiger charge is -2.20. The Morgan fingerprint density at radius 3 is 2.38 bits per heavy atom. The zero-order valence-electron chi connectivity index (χ0n) is 11.9. The summed E-state index contributed by atoms with van der Waals surface area (Å²) in [5.41, 5.74) is 2.08. The first kappa shape index (κ1) is 14.2. The first-order chi connectivity index (χ1) is 10.1. The van der Waals surface area contributed by atoms with E-state index >= 15 is 0 Å². The Morgan fingerprint density at radius 1 is 1.14 bits per heavy atom. The summed E-state index contributed by atoms with van der Waals surface area (Å²) < 4.78 is 5.87. The summed E-state index contributed by atoms with van der Waals surface area (Å²) in [5.74, 6) is 0.169. The van der Waals surface area contributed by atoms with Crippen LogP contribution in [0.2, 0.25) is 0 Å². The number of hydrogen-bond acceptors (Lipinski definition) is 3. The Bertz CT molecular complexity index is 630. The van der Waals surface area contributed by atoms with E-state index < -0.39 is 0 Å². The number of hydrogen-bond donors (Lipinski definition) is 0. The molecule has 1 amide bonds. The predicted octanol–water partition coefficient (Wildman–Crippen LogP) is 3.92. The molecule has 21 heavy (non-hydrogen) atoms. The summed E-state index contributed by atoms with van der Waals surface area (Å²) in [4.78, 5) is 16.3. The number of carbonyl (C=O) groups excluding carboxylic acids is 1. The first-order valence-electron chi connectivity index (χ1n) is 7.03. The van der Waals surface area contributed by atoms with Gasteiger partial charge in [-0.2, -0.15) is 0 Å². The zero-order chi connectivity index (χ0) is 14.8. The van der Waals surface area contributed by atoms with Crippen molar-refractivity contribution in [2.75, 3.05) is 29.9 Å². The van der Waals surface area contributed by atoms with Gasteiger partial charge in [-0.05, 0) is 65.2 Å². The lowest BCUT2D eigenvalue weighted by molar-refractivity contribution is 0.0965. The first-order valence-corrected chi connectivity index (χ1v) is 7.83. The fourth-order valence-electron chi connectivity index (χ4n) is 2.57. The van der Waals surface area contributed by atoms with E-state index in [1.807, 2.05) is 12.1 Å². The molecule has 0 bridgehead atoms. The normalized spacial score (nSPS) is 14.5. The topological polar surface area (TPSA) is 36.7 Å². The molecular weight excluding hydrogens is 332 g/mol. The Labute approximate surface area is 132 Å². The molecule has 1 aromatic carbocycles. The van der Waals surface area contributed by atoms with Crippen molar-refractivity contribution in [2.24, 2.45) is 0 Å². The summed E-state index contributed by atoms with van der Waals surface area (Å²) in [5, 5.41) is 0. The van der Waals surface area contributed by atoms with Crippen LogP contribution < -0.4 is 9.80 Å². The largest absolute Gasteiger partial charge is 0.444 e. The molecule has 1 fully saturated rings. The molecule has 4 nitrogen and oxygen atoms in total. The van der Waals surface area contributed by atoms with Gasteiger partial charge in [0, 0.05) is 31.5 Å². The Morgan fingerprint density at radius 2 is 1.81 bits per heavy atom. The highest BCUT2D eigenvalue weighted by Crippen LogP contribution is 2.24. The summed E-state index contributed by atoms with van der Waals surface area (Å²) in [6.45, 7) is 2.24. The Kier molecular flexibility index (Phi) is 4.01. The molecule has 1 aliphatic heterocycles. The van der Waals surface area contributed by atoms with Gasteiger partial charge in [-0.3, -0.25) is 4.79 Å². The summed E-state index contributed by atoms with van der Waals surface area (Å²) >= 11 is 3.21. The lowest BCUT2D eigenvalue weighted by atomic mass is 10.2. The van der Waals surface area contributed by atoms with Crippen LogP contribution in [0.3, 0.4) is 0 Å². The maximum absolute atomic E-state index is 12.3. The van der Waals surface area contributed by atoms with Gasteiger partial charge in [0.1, 0.15) is 0 Å². The molecule has 2 aromatic rings. The SMILES string of the molecule is CN(C(=O)c1ccc(Br)o1)c1ccc(N2CCCC2)cc1. The van der Waals surface area contributed by atoms with E-state index in [0.29, 0.717) is 10.4 Å². The maximum atomic E-state index is 12.3. The highest BCUT2D eigenvalue weighted by molar-refractivity contribution is 9.10. The van der Waals surface area contributed by atoms with Gasteiger partial charge in [0.25, 0.3) is 5.91 Å². The number of amides is 1. The number of nitrogens with zero attached hydrogens (tertiary/aromatic N) is 2. The van der Waals surface area contributed by atoms with Crippen LogP contribution in [-0.4, -0.2) is 26.0 Å². The minimum absolute atomic E-state index is 0.158. The van der Waals surface area contributed by atoms with Crippen molar-refractivity contribution in [3.05, 3.63) is 46.8 Å². The van der Waals surface area contributed by atoms with E-state index in [2.05, 4.69) is 33.0 Å². The average molecular weight is 349 g/mol. The summed E-state index contributed by atoms with van der Waals surface area (Å²) in [7, 11) is 1.75. The van der Waals surface area contributed by atoms with Crippen molar-refractivity contribution in [1.82, 2.24) is 0 Å². The smallest absolute Gasteiger partial charge is 0.293 e. The predicted molar refractivity (Wildman–Crippen MR) is 87.0 cm³/mol. The third-order valence-corrected chi connectivity index (χ3v) is 4.22. The number of halogens is 1. The fourth-order valence-corrected chi connectivity index (χ4v) is 2.88. The second-order valence-corrected chi connectivity index (χ2v) is 5.96. The number of benzene rings is 1. The standard InChI is InChI=1S/C16H17BrN2O2/c1-18(16(20)14-8-9-15(17)21-14)12-4-6-13(7-5-12)19-10-2-3-11-19/h4-9H,2-3,10-11H2,1H3. The molecule has 1 aromatic heterocycles. The highest BCUT2D eigenvalue weighted by Gasteiger charge is 2.18. The quantitative estimate of drug-likeness (QED) is 0.843. The van der Waals surface area contributed by atoms with E-state index in [1.54, 1.807) is 24.1 Å². The molecule has 0 aliphatic carbocycles. The van der Waals surface area contributed by atoms with Crippen molar-refractivity contribution in [3.63, 3.8) is 0 Å². The summed E-state index contributed by atoms with van der Waals surface area (Å²) in [6.07, 6.45) is 2.51. The van der Waals surface area contributed by atoms with Crippen molar-refractivity contribution in [3.8, 4) is 0 Å². The molecule has 0 radical (unpaired) electrons. The lowest BCUT2D eigenvalue weighted by Crippen LogP contribution is -2.26. The number of anilines is 2. The van der Waals surface area contributed by atoms with Gasteiger partial charge in [0.2, 0.25) is 0 Å². The molecule has 3 rings (SSSR count). The van der Waals surface area contributed by atoms with Crippen LogP contribution in [0.15, 0.2) is 45.5 Å². The Balaban J connectivity index is 1.75. The molecule has 1 aliphatic rings. The minimum Gasteiger partial charge on any atom is -0.444 e. The van der Waals surface area contributed by atoms with Crippen LogP contribution >= 0.6 is 15.9 Å². The average Bonchev–Trinajstić information content (AvgIpc) is 3.17. The molecule has 0 spiro atoms. The number of rotatable bonds is 3. The van der Waals surface area contributed by atoms with Crippen LogP contribution in [-0.2, 0) is 0 Å². The van der Waals surface area contributed by atoms with Crippen molar-refractivity contribution < 1.29 is 9.21 Å². The van der Waals surface area contributed by atoms with Crippen LogP contribution in [0.1, 0.15) is 23.4 Å². The molecule has 0 saturated carbocycles. The molecule has 0 unspecified atom stereocenters.